The molecule has 8 heteroatoms. The molecule has 1 amide bonds. The molecule has 0 fully saturated rings. The normalized spacial score (nSPS) is 15.6. The van der Waals surface area contributed by atoms with E-state index < -0.39 is 30.2 Å². The molecule has 3 rings (SSSR count). The minimum atomic E-state index is -0.667. The Balaban J connectivity index is 1.54. The summed E-state index contributed by atoms with van der Waals surface area (Å²) in [4.78, 5) is 24.0. The van der Waals surface area contributed by atoms with Crippen LogP contribution in [0.3, 0.4) is 0 Å². The van der Waals surface area contributed by atoms with Gasteiger partial charge in [0.15, 0.2) is 6.61 Å². The van der Waals surface area contributed by atoms with Gasteiger partial charge >= 0.3 is 5.97 Å². The lowest BCUT2D eigenvalue weighted by atomic mass is 9.97. The molecule has 1 aliphatic rings. The largest absolute Gasteiger partial charge is 0.492 e. The zero-order valence-electron chi connectivity index (χ0n) is 13.4. The van der Waals surface area contributed by atoms with Gasteiger partial charge in [-0.25, -0.2) is 4.39 Å². The van der Waals surface area contributed by atoms with Crippen molar-refractivity contribution in [2.24, 2.45) is 5.92 Å². The van der Waals surface area contributed by atoms with Gasteiger partial charge in [0.05, 0.1) is 11.6 Å². The van der Waals surface area contributed by atoms with Crippen molar-refractivity contribution in [2.75, 3.05) is 18.5 Å². The quantitative estimate of drug-likeness (QED) is 0.795. The van der Waals surface area contributed by atoms with E-state index >= 15 is 0 Å². The van der Waals surface area contributed by atoms with Crippen LogP contribution in [-0.4, -0.2) is 25.1 Å². The summed E-state index contributed by atoms with van der Waals surface area (Å²) in [5.74, 6) is -1.75. The van der Waals surface area contributed by atoms with Crippen LogP contribution in [0.4, 0.5) is 10.1 Å². The number of benzene rings is 2. The SMILES string of the molecule is O=C(COC(=O)[C@H]1COc2ccc(Cl)cc2C1)Nc1cc(Cl)ccc1F. The smallest absolute Gasteiger partial charge is 0.313 e. The summed E-state index contributed by atoms with van der Waals surface area (Å²) < 4.78 is 24.1. The van der Waals surface area contributed by atoms with E-state index in [1.165, 1.54) is 12.1 Å². The molecule has 26 heavy (non-hydrogen) atoms. The van der Waals surface area contributed by atoms with E-state index in [1.54, 1.807) is 18.2 Å². The predicted octanol–water partition coefficient (Wildman–Crippen LogP) is 3.87. The summed E-state index contributed by atoms with van der Waals surface area (Å²) in [5.41, 5.74) is 0.722. The van der Waals surface area contributed by atoms with Gasteiger partial charge in [-0.1, -0.05) is 23.2 Å². The first-order chi connectivity index (χ1) is 12.4. The van der Waals surface area contributed by atoms with Gasteiger partial charge in [-0.05, 0) is 48.4 Å². The summed E-state index contributed by atoms with van der Waals surface area (Å²) in [7, 11) is 0. The van der Waals surface area contributed by atoms with Crippen LogP contribution >= 0.6 is 23.2 Å². The van der Waals surface area contributed by atoms with Crippen LogP contribution in [0.1, 0.15) is 5.56 Å². The molecule has 0 aliphatic carbocycles. The first kappa shape index (κ1) is 18.5. The lowest BCUT2D eigenvalue weighted by Crippen LogP contribution is -2.32. The van der Waals surface area contributed by atoms with E-state index in [1.807, 2.05) is 0 Å². The maximum atomic E-state index is 13.6. The predicted molar refractivity (Wildman–Crippen MR) is 95.1 cm³/mol. The van der Waals surface area contributed by atoms with Crippen LogP contribution in [-0.2, 0) is 20.7 Å². The third kappa shape index (κ3) is 4.45. The lowest BCUT2D eigenvalue weighted by Gasteiger charge is -2.24. The topological polar surface area (TPSA) is 64.6 Å². The molecule has 5 nitrogen and oxygen atoms in total. The van der Waals surface area contributed by atoms with E-state index in [0.717, 1.165) is 11.6 Å². The van der Waals surface area contributed by atoms with E-state index in [0.29, 0.717) is 17.2 Å². The number of ether oxygens (including phenoxy) is 2. The van der Waals surface area contributed by atoms with Crippen LogP contribution in [0.25, 0.3) is 0 Å². The van der Waals surface area contributed by atoms with Crippen molar-refractivity contribution >= 4 is 40.8 Å². The number of rotatable bonds is 4. The zero-order valence-corrected chi connectivity index (χ0v) is 14.9. The minimum absolute atomic E-state index is 0.0804. The first-order valence-electron chi connectivity index (χ1n) is 7.75. The fourth-order valence-corrected chi connectivity index (χ4v) is 2.92. The van der Waals surface area contributed by atoms with Gasteiger partial charge in [0.2, 0.25) is 0 Å². The molecule has 0 spiro atoms. The van der Waals surface area contributed by atoms with Crippen molar-refractivity contribution in [1.82, 2.24) is 0 Å². The zero-order chi connectivity index (χ0) is 18.7. The maximum Gasteiger partial charge on any atom is 0.313 e. The Bertz CT molecular complexity index is 859. The van der Waals surface area contributed by atoms with Gasteiger partial charge in [0.25, 0.3) is 5.91 Å². The average molecular weight is 398 g/mol. The number of hydrogen-bond acceptors (Lipinski definition) is 4. The number of esters is 1. The summed E-state index contributed by atoms with van der Waals surface area (Å²) >= 11 is 11.7. The molecule has 2 aromatic carbocycles. The lowest BCUT2D eigenvalue weighted by molar-refractivity contribution is -0.152. The Morgan fingerprint density at radius 1 is 1.19 bits per heavy atom. The molecular weight excluding hydrogens is 384 g/mol. The van der Waals surface area contributed by atoms with Crippen LogP contribution in [0.2, 0.25) is 10.0 Å². The summed E-state index contributed by atoms with van der Waals surface area (Å²) in [6, 6.07) is 8.94. The van der Waals surface area contributed by atoms with Crippen molar-refractivity contribution < 1.29 is 23.5 Å². The Morgan fingerprint density at radius 3 is 2.73 bits per heavy atom. The van der Waals surface area contributed by atoms with Crippen molar-refractivity contribution in [1.29, 1.82) is 0 Å². The minimum Gasteiger partial charge on any atom is -0.492 e. The summed E-state index contributed by atoms with van der Waals surface area (Å²) in [5, 5.41) is 3.13. The van der Waals surface area contributed by atoms with Gasteiger partial charge in [-0.15, -0.1) is 0 Å². The molecule has 0 saturated carbocycles. The Morgan fingerprint density at radius 2 is 1.92 bits per heavy atom. The summed E-state index contributed by atoms with van der Waals surface area (Å²) in [6.07, 6.45) is 0.402. The number of hydrogen-bond donors (Lipinski definition) is 1. The third-order valence-electron chi connectivity index (χ3n) is 3.81. The molecule has 0 unspecified atom stereocenters. The van der Waals surface area contributed by atoms with E-state index in [2.05, 4.69) is 5.32 Å². The number of fused-ring (bicyclic) bond motifs is 1. The van der Waals surface area contributed by atoms with Crippen molar-refractivity contribution in [3.05, 3.63) is 57.8 Å². The number of carbonyl (C=O) groups is 2. The molecule has 136 valence electrons. The fourth-order valence-electron chi connectivity index (χ4n) is 2.55. The van der Waals surface area contributed by atoms with Crippen LogP contribution in [0.15, 0.2) is 36.4 Å². The van der Waals surface area contributed by atoms with Crippen molar-refractivity contribution in [3.8, 4) is 5.75 Å². The highest BCUT2D eigenvalue weighted by molar-refractivity contribution is 6.31. The van der Waals surface area contributed by atoms with Gasteiger partial charge in [0.1, 0.15) is 18.2 Å². The number of carbonyl (C=O) groups excluding carboxylic acids is 2. The molecule has 1 N–H and O–H groups in total. The first-order valence-corrected chi connectivity index (χ1v) is 8.51. The Kier molecular flexibility index (Phi) is 5.64. The fraction of sp³-hybridized carbons (Fsp3) is 0.222. The third-order valence-corrected chi connectivity index (χ3v) is 4.28. The van der Waals surface area contributed by atoms with Gasteiger partial charge in [-0.2, -0.15) is 0 Å². The monoisotopic (exact) mass is 397 g/mol. The molecule has 0 bridgehead atoms. The van der Waals surface area contributed by atoms with Crippen LogP contribution in [0, 0.1) is 11.7 Å². The average Bonchev–Trinajstić information content (AvgIpc) is 2.62. The number of halogens is 3. The van der Waals surface area contributed by atoms with E-state index in [9.17, 15) is 14.0 Å². The van der Waals surface area contributed by atoms with Gasteiger partial charge in [0, 0.05) is 10.0 Å². The molecule has 2 aromatic rings. The van der Waals surface area contributed by atoms with Crippen LogP contribution < -0.4 is 10.1 Å². The highest BCUT2D eigenvalue weighted by atomic mass is 35.5. The molecule has 0 radical (unpaired) electrons. The summed E-state index contributed by atoms with van der Waals surface area (Å²) in [6.45, 7) is -0.387. The maximum absolute atomic E-state index is 13.6. The van der Waals surface area contributed by atoms with E-state index in [4.69, 9.17) is 32.7 Å². The highest BCUT2D eigenvalue weighted by Crippen LogP contribution is 2.30. The second kappa shape index (κ2) is 7.93. The highest BCUT2D eigenvalue weighted by Gasteiger charge is 2.28. The number of amides is 1. The molecule has 1 heterocycles. The standard InChI is InChI=1S/C18H14Cl2FNO4/c19-12-2-4-16-10(6-12)5-11(8-25-16)18(24)26-9-17(23)22-15-7-13(20)1-3-14(15)21/h1-4,6-7,11H,5,8-9H2,(H,22,23)/t11-/m1/s1. The Hall–Kier alpha value is -2.31. The van der Waals surface area contributed by atoms with Crippen LogP contribution in [0.5, 0.6) is 5.75 Å². The molecule has 1 aliphatic heterocycles. The van der Waals surface area contributed by atoms with E-state index in [-0.39, 0.29) is 17.3 Å². The second-order valence-corrected chi connectivity index (χ2v) is 6.62. The Labute approximate surface area is 159 Å². The molecule has 0 saturated heterocycles. The number of nitrogens with one attached hydrogen (secondary N) is 1. The molecule has 1 atom stereocenters. The second-order valence-electron chi connectivity index (χ2n) is 5.74. The van der Waals surface area contributed by atoms with Crippen molar-refractivity contribution in [3.63, 3.8) is 0 Å². The molecule has 0 aromatic heterocycles. The van der Waals surface area contributed by atoms with Crippen molar-refractivity contribution in [2.45, 2.75) is 6.42 Å². The molecular formula is C18H14Cl2FNO4. The number of anilines is 1. The van der Waals surface area contributed by atoms with Gasteiger partial charge in [-0.3, -0.25) is 9.59 Å². The van der Waals surface area contributed by atoms with Gasteiger partial charge < -0.3 is 14.8 Å².